The molecule has 0 radical (unpaired) electrons. The maximum atomic E-state index is 13.2. The highest BCUT2D eigenvalue weighted by Crippen LogP contribution is 2.45. The third-order valence-corrected chi connectivity index (χ3v) is 25.2. The summed E-state index contributed by atoms with van der Waals surface area (Å²) < 4.78 is 69.2. The predicted molar refractivity (Wildman–Crippen MR) is 483 cm³/mol. The highest BCUT2D eigenvalue weighted by atomic mass is 31.2. The maximum absolute atomic E-state index is 13.2. The first-order chi connectivity index (χ1) is 56.4. The molecule has 0 aromatic carbocycles. The fourth-order valence-electron chi connectivity index (χ4n) is 15.3. The first-order valence-corrected chi connectivity index (χ1v) is 53.0. The Morgan fingerprint density at radius 1 is 0.250 bits per heavy atom. The molecule has 0 aromatic heterocycles. The number of hydrogen-bond donors (Lipinski definition) is 3. The van der Waals surface area contributed by atoms with Crippen molar-refractivity contribution in [3.63, 3.8) is 0 Å². The molecule has 690 valence electrons. The van der Waals surface area contributed by atoms with Crippen LogP contribution in [-0.4, -0.2) is 96.7 Å². The zero-order valence-electron chi connectivity index (χ0n) is 76.8. The standard InChI is InChI=1S/C97H190O17P2/c1-7-10-12-14-16-18-20-22-24-26-28-30-32-34-39-43-47-51-55-61-67-73-79-94(99)107-85-92(113-96(101)81-75-70-63-57-53-49-45-41-37-36-38-42-46-50-54-60-66-72-78-90(6)9-3)87-111-115(103,104)109-83-91(98)84-110-116(105,106)112-88-93(86-108-95(100)80-74-68-64-58-59-65-71-77-89(4)5)114-97(102)82-76-69-62-56-52-48-44-40-35-33-31-29-27-25-23-21-19-17-15-13-11-8-2/h89-93,98H,7-88H2,1-6H3,(H,103,104)(H,105,106)/t90?,91-,92-,93-/m1/s1. The SMILES string of the molecule is CCCCCCCCCCCCCCCCCCCCCCCCC(=O)OC[C@H](COP(=O)(O)OC[C@@H](O)COP(=O)(O)OC[C@@H](COC(=O)CCCCCCCCCC(C)C)OC(=O)CCCCCCCCCCCCCCCCCCCCCCCC)OC(=O)CCCCCCCCCCCCCCCCCCCCC(C)CC. The number of phosphoric ester groups is 2. The van der Waals surface area contributed by atoms with Gasteiger partial charge >= 0.3 is 39.5 Å². The lowest BCUT2D eigenvalue weighted by atomic mass is 9.99. The summed E-state index contributed by atoms with van der Waals surface area (Å²) in [6.45, 7) is 9.74. The van der Waals surface area contributed by atoms with Crippen LogP contribution in [0.5, 0.6) is 0 Å². The molecule has 0 heterocycles. The fraction of sp³-hybridized carbons (Fsp3) is 0.959. The van der Waals surface area contributed by atoms with Crippen molar-refractivity contribution < 1.29 is 80.2 Å². The number of rotatable bonds is 96. The van der Waals surface area contributed by atoms with E-state index in [2.05, 4.69) is 41.5 Å². The van der Waals surface area contributed by atoms with Crippen molar-refractivity contribution in [2.45, 2.75) is 548 Å². The number of aliphatic hydroxyl groups excluding tert-OH is 1. The Bertz CT molecular complexity index is 2210. The number of carbonyl (C=O) groups excluding carboxylic acids is 4. The van der Waals surface area contributed by atoms with E-state index < -0.39 is 97.5 Å². The average molecular weight is 1690 g/mol. The fourth-order valence-corrected chi connectivity index (χ4v) is 16.9. The highest BCUT2D eigenvalue weighted by Gasteiger charge is 2.31. The summed E-state index contributed by atoms with van der Waals surface area (Å²) in [7, 11) is -9.94. The van der Waals surface area contributed by atoms with Gasteiger partial charge in [-0.1, -0.05) is 478 Å². The smallest absolute Gasteiger partial charge is 0.462 e. The molecular formula is C97H190O17P2. The Morgan fingerprint density at radius 3 is 0.655 bits per heavy atom. The van der Waals surface area contributed by atoms with Gasteiger partial charge in [-0.15, -0.1) is 0 Å². The molecule has 17 nitrogen and oxygen atoms in total. The van der Waals surface area contributed by atoms with Crippen LogP contribution in [0.2, 0.25) is 0 Å². The monoisotopic (exact) mass is 1690 g/mol. The second-order valence-electron chi connectivity index (χ2n) is 35.5. The van der Waals surface area contributed by atoms with Crippen LogP contribution in [0.15, 0.2) is 0 Å². The number of hydrogen-bond acceptors (Lipinski definition) is 15. The Morgan fingerprint density at radius 2 is 0.440 bits per heavy atom. The summed E-state index contributed by atoms with van der Waals surface area (Å²) in [4.78, 5) is 73.6. The molecule has 0 rings (SSSR count). The van der Waals surface area contributed by atoms with Crippen LogP contribution in [0, 0.1) is 11.8 Å². The van der Waals surface area contributed by atoms with E-state index in [1.54, 1.807) is 0 Å². The molecule has 0 bridgehead atoms. The number of ether oxygens (including phenoxy) is 4. The van der Waals surface area contributed by atoms with Crippen molar-refractivity contribution in [2.75, 3.05) is 39.6 Å². The van der Waals surface area contributed by atoms with Crippen molar-refractivity contribution in [3.05, 3.63) is 0 Å². The van der Waals surface area contributed by atoms with Gasteiger partial charge in [0.1, 0.15) is 19.3 Å². The Kier molecular flexibility index (Phi) is 86.5. The molecule has 19 heteroatoms. The van der Waals surface area contributed by atoms with Gasteiger partial charge in [0.25, 0.3) is 0 Å². The number of carbonyl (C=O) groups is 4. The van der Waals surface area contributed by atoms with Crippen molar-refractivity contribution >= 4 is 39.5 Å². The lowest BCUT2D eigenvalue weighted by Crippen LogP contribution is -2.30. The first kappa shape index (κ1) is 114. The van der Waals surface area contributed by atoms with Gasteiger partial charge in [-0.05, 0) is 37.5 Å². The van der Waals surface area contributed by atoms with E-state index >= 15 is 0 Å². The quantitative estimate of drug-likeness (QED) is 0.0222. The predicted octanol–water partition coefficient (Wildman–Crippen LogP) is 30.5. The Labute approximate surface area is 715 Å². The third kappa shape index (κ3) is 88.4. The normalized spacial score (nSPS) is 13.9. The third-order valence-electron chi connectivity index (χ3n) is 23.3. The van der Waals surface area contributed by atoms with E-state index in [9.17, 15) is 43.2 Å². The zero-order valence-corrected chi connectivity index (χ0v) is 78.6. The van der Waals surface area contributed by atoms with Crippen LogP contribution in [0.1, 0.15) is 530 Å². The Balaban J connectivity index is 5.19. The van der Waals surface area contributed by atoms with Gasteiger partial charge < -0.3 is 33.8 Å². The van der Waals surface area contributed by atoms with Gasteiger partial charge in [0, 0.05) is 25.7 Å². The van der Waals surface area contributed by atoms with Crippen LogP contribution in [0.3, 0.4) is 0 Å². The summed E-state index contributed by atoms with van der Waals surface area (Å²) in [6, 6.07) is 0. The molecule has 6 atom stereocenters. The van der Waals surface area contributed by atoms with Gasteiger partial charge in [0.2, 0.25) is 0 Å². The minimum absolute atomic E-state index is 0.109. The molecule has 3 N–H and O–H groups in total. The number of esters is 4. The van der Waals surface area contributed by atoms with Crippen LogP contribution >= 0.6 is 15.6 Å². The molecule has 0 fully saturated rings. The molecule has 0 aliphatic carbocycles. The van der Waals surface area contributed by atoms with Gasteiger partial charge in [0.15, 0.2) is 12.2 Å². The zero-order chi connectivity index (χ0) is 84.8. The molecule has 0 aliphatic heterocycles. The summed E-state index contributed by atoms with van der Waals surface area (Å²) in [6.07, 6.45) is 85.2. The van der Waals surface area contributed by atoms with Gasteiger partial charge in [-0.2, -0.15) is 0 Å². The second kappa shape index (κ2) is 87.9. The van der Waals surface area contributed by atoms with Gasteiger partial charge in [0.05, 0.1) is 26.4 Å². The molecule has 116 heavy (non-hydrogen) atoms. The van der Waals surface area contributed by atoms with Crippen molar-refractivity contribution in [3.8, 4) is 0 Å². The summed E-state index contributed by atoms with van der Waals surface area (Å²) in [5, 5.41) is 10.7. The molecule has 0 amide bonds. The first-order valence-electron chi connectivity index (χ1n) is 50.0. The number of aliphatic hydroxyl groups is 1. The minimum Gasteiger partial charge on any atom is -0.462 e. The van der Waals surface area contributed by atoms with E-state index in [1.165, 1.54) is 340 Å². The average Bonchev–Trinajstić information content (AvgIpc) is 0.897. The van der Waals surface area contributed by atoms with Crippen molar-refractivity contribution in [1.82, 2.24) is 0 Å². The van der Waals surface area contributed by atoms with Crippen molar-refractivity contribution in [2.24, 2.45) is 11.8 Å². The highest BCUT2D eigenvalue weighted by molar-refractivity contribution is 7.47. The number of unbranched alkanes of at least 4 members (excludes halogenated alkanes) is 65. The molecule has 0 aromatic rings. The van der Waals surface area contributed by atoms with Crippen LogP contribution < -0.4 is 0 Å². The molecule has 0 aliphatic rings. The second-order valence-corrected chi connectivity index (χ2v) is 38.4. The summed E-state index contributed by atoms with van der Waals surface area (Å²) >= 11 is 0. The van der Waals surface area contributed by atoms with E-state index in [4.69, 9.17) is 37.0 Å². The molecule has 0 saturated carbocycles. The van der Waals surface area contributed by atoms with E-state index in [0.29, 0.717) is 31.6 Å². The maximum Gasteiger partial charge on any atom is 0.472 e. The Hall–Kier alpha value is -1.94. The van der Waals surface area contributed by atoms with Crippen LogP contribution in [0.25, 0.3) is 0 Å². The van der Waals surface area contributed by atoms with E-state index in [-0.39, 0.29) is 25.7 Å². The van der Waals surface area contributed by atoms with E-state index in [0.717, 1.165) is 102 Å². The summed E-state index contributed by atoms with van der Waals surface area (Å²) in [5.74, 6) is -0.517. The molecule has 0 spiro atoms. The molecule has 3 unspecified atom stereocenters. The molecule has 0 saturated heterocycles. The number of phosphoric acid groups is 2. The largest absolute Gasteiger partial charge is 0.472 e. The summed E-state index contributed by atoms with van der Waals surface area (Å²) in [5.41, 5.74) is 0. The van der Waals surface area contributed by atoms with Crippen LogP contribution in [0.4, 0.5) is 0 Å². The van der Waals surface area contributed by atoms with Crippen molar-refractivity contribution in [1.29, 1.82) is 0 Å². The lowest BCUT2D eigenvalue weighted by molar-refractivity contribution is -0.161. The lowest BCUT2D eigenvalue weighted by Gasteiger charge is -2.21. The molecular weight excluding hydrogens is 1500 g/mol. The minimum atomic E-state index is -4.97. The van der Waals surface area contributed by atoms with E-state index in [1.807, 2.05) is 0 Å². The topological polar surface area (TPSA) is 237 Å². The van der Waals surface area contributed by atoms with Crippen LogP contribution in [-0.2, 0) is 65.4 Å². The van der Waals surface area contributed by atoms with Gasteiger partial charge in [-0.25, -0.2) is 9.13 Å². The van der Waals surface area contributed by atoms with Gasteiger partial charge in [-0.3, -0.25) is 37.3 Å².